The Morgan fingerprint density at radius 2 is 1.71 bits per heavy atom. The van der Waals surface area contributed by atoms with Crippen molar-refractivity contribution in [3.63, 3.8) is 0 Å². The number of likely N-dealkylation sites (N-methyl/N-ethyl adjacent to an activating group) is 1. The minimum absolute atomic E-state index is 0.163. The predicted molar refractivity (Wildman–Crippen MR) is 136 cm³/mol. The lowest BCUT2D eigenvalue weighted by molar-refractivity contribution is -0.122. The summed E-state index contributed by atoms with van der Waals surface area (Å²) >= 11 is 0. The van der Waals surface area contributed by atoms with E-state index in [1.54, 1.807) is 31.4 Å². The van der Waals surface area contributed by atoms with Gasteiger partial charge in [0.15, 0.2) is 0 Å². The molecule has 182 valence electrons. The van der Waals surface area contributed by atoms with Gasteiger partial charge in [0, 0.05) is 29.4 Å². The van der Waals surface area contributed by atoms with E-state index in [1.807, 2.05) is 19.1 Å². The molecular weight excluding hydrogens is 446 g/mol. The van der Waals surface area contributed by atoms with Crippen LogP contribution in [0.5, 0.6) is 11.5 Å². The number of anilines is 2. The van der Waals surface area contributed by atoms with Gasteiger partial charge in [-0.1, -0.05) is 6.08 Å². The lowest BCUT2D eigenvalue weighted by Gasteiger charge is -2.43. The standard InChI is InChI=1S/C27H29N3O5/c1-7-29-22-14-23(35-6)17(12-20(22)16(2)15-27(29,3)4)13-21-24(31)28-26(33)30(25(21)32)18-8-10-19(34-5)11-9-18/h8-15H,7H2,1-6H3,(H,28,31,33)/b21-13-. The van der Waals surface area contributed by atoms with Gasteiger partial charge in [0.25, 0.3) is 11.8 Å². The van der Waals surface area contributed by atoms with Crippen molar-refractivity contribution in [1.29, 1.82) is 0 Å². The van der Waals surface area contributed by atoms with Gasteiger partial charge in [0.2, 0.25) is 0 Å². The number of benzene rings is 2. The number of carbonyl (C=O) groups excluding carboxylic acids is 3. The summed E-state index contributed by atoms with van der Waals surface area (Å²) in [6.07, 6.45) is 3.67. The van der Waals surface area contributed by atoms with Crippen LogP contribution in [0.2, 0.25) is 0 Å². The lowest BCUT2D eigenvalue weighted by atomic mass is 9.87. The van der Waals surface area contributed by atoms with E-state index in [0.717, 1.165) is 28.3 Å². The van der Waals surface area contributed by atoms with Crippen LogP contribution in [0, 0.1) is 0 Å². The SMILES string of the molecule is CCN1c2cc(OC)c(/C=C3/C(=O)NC(=O)N(c4ccc(OC)cc4)C3=O)cc2C(C)=CC1(C)C. The molecule has 2 aromatic rings. The Bertz CT molecular complexity index is 1270. The number of methoxy groups -OCH3 is 2. The number of amides is 4. The number of ether oxygens (including phenoxy) is 2. The molecule has 4 rings (SSSR count). The molecule has 0 unspecified atom stereocenters. The maximum absolute atomic E-state index is 13.3. The number of hydrogen-bond donors (Lipinski definition) is 1. The number of urea groups is 1. The Balaban J connectivity index is 1.80. The molecule has 0 aromatic heterocycles. The number of nitrogens with one attached hydrogen (secondary N) is 1. The molecule has 2 aliphatic rings. The van der Waals surface area contributed by atoms with Crippen LogP contribution in [-0.4, -0.2) is 44.1 Å². The zero-order valence-electron chi connectivity index (χ0n) is 20.8. The fraction of sp³-hybridized carbons (Fsp3) is 0.296. The molecule has 8 heteroatoms. The van der Waals surface area contributed by atoms with Crippen LogP contribution in [0.4, 0.5) is 16.2 Å². The van der Waals surface area contributed by atoms with Gasteiger partial charge in [0.05, 0.1) is 25.4 Å². The summed E-state index contributed by atoms with van der Waals surface area (Å²) in [5.74, 6) is -0.369. The number of rotatable bonds is 5. The third-order valence-electron chi connectivity index (χ3n) is 6.38. The molecule has 35 heavy (non-hydrogen) atoms. The van der Waals surface area contributed by atoms with Gasteiger partial charge in [-0.2, -0.15) is 0 Å². The van der Waals surface area contributed by atoms with Crippen molar-refractivity contribution in [3.8, 4) is 11.5 Å². The van der Waals surface area contributed by atoms with Gasteiger partial charge in [-0.3, -0.25) is 14.9 Å². The zero-order valence-corrected chi connectivity index (χ0v) is 20.8. The Morgan fingerprint density at radius 1 is 1.03 bits per heavy atom. The number of allylic oxidation sites excluding steroid dienone is 1. The first-order valence-corrected chi connectivity index (χ1v) is 11.4. The quantitative estimate of drug-likeness (QED) is 0.510. The smallest absolute Gasteiger partial charge is 0.335 e. The van der Waals surface area contributed by atoms with Crippen LogP contribution in [0.25, 0.3) is 11.6 Å². The summed E-state index contributed by atoms with van der Waals surface area (Å²) in [6, 6.07) is 9.48. The molecule has 2 heterocycles. The van der Waals surface area contributed by atoms with E-state index in [2.05, 4.69) is 37.1 Å². The van der Waals surface area contributed by atoms with Gasteiger partial charge in [-0.25, -0.2) is 9.69 Å². The van der Waals surface area contributed by atoms with Crippen LogP contribution < -0.4 is 24.6 Å². The van der Waals surface area contributed by atoms with Crippen LogP contribution >= 0.6 is 0 Å². The van der Waals surface area contributed by atoms with E-state index in [1.165, 1.54) is 13.2 Å². The average molecular weight is 476 g/mol. The summed E-state index contributed by atoms with van der Waals surface area (Å²) in [5, 5.41) is 2.26. The Morgan fingerprint density at radius 3 is 2.31 bits per heavy atom. The van der Waals surface area contributed by atoms with Crippen molar-refractivity contribution in [3.05, 3.63) is 59.2 Å². The topological polar surface area (TPSA) is 88.2 Å². The predicted octanol–water partition coefficient (Wildman–Crippen LogP) is 4.39. The molecule has 4 amide bonds. The molecule has 0 spiro atoms. The van der Waals surface area contributed by atoms with Crippen LogP contribution in [0.15, 0.2) is 48.0 Å². The Labute approximate surface area is 204 Å². The Kier molecular flexibility index (Phi) is 6.15. The largest absolute Gasteiger partial charge is 0.497 e. The van der Waals surface area contributed by atoms with Gasteiger partial charge >= 0.3 is 6.03 Å². The van der Waals surface area contributed by atoms with Gasteiger partial charge in [-0.05, 0) is 69.7 Å². The number of barbiturate groups is 1. The first kappa shape index (κ1) is 24.1. The Hall–Kier alpha value is -4.07. The average Bonchev–Trinajstić information content (AvgIpc) is 2.81. The minimum atomic E-state index is -0.806. The molecule has 8 nitrogen and oxygen atoms in total. The summed E-state index contributed by atoms with van der Waals surface area (Å²) < 4.78 is 10.8. The van der Waals surface area contributed by atoms with E-state index < -0.39 is 17.8 Å². The van der Waals surface area contributed by atoms with Crippen molar-refractivity contribution in [1.82, 2.24) is 5.32 Å². The summed E-state index contributed by atoms with van der Waals surface area (Å²) in [4.78, 5) is 41.8. The number of carbonyl (C=O) groups is 3. The highest BCUT2D eigenvalue weighted by atomic mass is 16.5. The zero-order chi connectivity index (χ0) is 25.5. The number of imide groups is 2. The molecule has 0 bridgehead atoms. The normalized spacial score (nSPS) is 18.3. The van der Waals surface area contributed by atoms with E-state index in [0.29, 0.717) is 22.7 Å². The van der Waals surface area contributed by atoms with E-state index in [9.17, 15) is 14.4 Å². The van der Waals surface area contributed by atoms with Crippen molar-refractivity contribution >= 4 is 40.9 Å². The molecule has 2 aromatic carbocycles. The number of nitrogens with zero attached hydrogens (tertiary/aromatic N) is 2. The summed E-state index contributed by atoms with van der Waals surface area (Å²) in [7, 11) is 3.07. The van der Waals surface area contributed by atoms with Crippen LogP contribution in [0.1, 0.15) is 38.8 Å². The lowest BCUT2D eigenvalue weighted by Crippen LogP contribution is -2.54. The van der Waals surface area contributed by atoms with Gasteiger partial charge < -0.3 is 14.4 Å². The summed E-state index contributed by atoms with van der Waals surface area (Å²) in [6.45, 7) is 9.24. The number of fused-ring (bicyclic) bond motifs is 1. The molecule has 0 aliphatic carbocycles. The highest BCUT2D eigenvalue weighted by Gasteiger charge is 2.37. The molecule has 2 aliphatic heterocycles. The molecule has 0 saturated carbocycles. The molecule has 0 radical (unpaired) electrons. The van der Waals surface area contributed by atoms with E-state index in [-0.39, 0.29) is 11.1 Å². The second kappa shape index (κ2) is 8.94. The van der Waals surface area contributed by atoms with Crippen molar-refractivity contribution < 1.29 is 23.9 Å². The van der Waals surface area contributed by atoms with E-state index >= 15 is 0 Å². The van der Waals surface area contributed by atoms with Crippen molar-refractivity contribution in [2.75, 3.05) is 30.6 Å². The number of hydrogen-bond acceptors (Lipinski definition) is 6. The van der Waals surface area contributed by atoms with E-state index in [4.69, 9.17) is 9.47 Å². The molecule has 1 N–H and O–H groups in total. The molecular formula is C27H29N3O5. The van der Waals surface area contributed by atoms with Gasteiger partial charge in [-0.15, -0.1) is 0 Å². The molecule has 1 fully saturated rings. The molecule has 1 saturated heterocycles. The fourth-order valence-electron chi connectivity index (χ4n) is 4.77. The van der Waals surface area contributed by atoms with Crippen LogP contribution in [0.3, 0.4) is 0 Å². The maximum atomic E-state index is 13.3. The second-order valence-electron chi connectivity index (χ2n) is 8.99. The minimum Gasteiger partial charge on any atom is -0.497 e. The van der Waals surface area contributed by atoms with Gasteiger partial charge in [0.1, 0.15) is 17.1 Å². The maximum Gasteiger partial charge on any atom is 0.335 e. The van der Waals surface area contributed by atoms with Crippen molar-refractivity contribution in [2.45, 2.75) is 33.2 Å². The third kappa shape index (κ3) is 4.16. The first-order chi connectivity index (χ1) is 16.6. The fourth-order valence-corrected chi connectivity index (χ4v) is 4.77. The molecule has 0 atom stereocenters. The highest BCUT2D eigenvalue weighted by molar-refractivity contribution is 6.39. The van der Waals surface area contributed by atoms with Crippen LogP contribution in [-0.2, 0) is 9.59 Å². The first-order valence-electron chi connectivity index (χ1n) is 11.4. The second-order valence-corrected chi connectivity index (χ2v) is 8.99. The monoisotopic (exact) mass is 475 g/mol. The third-order valence-corrected chi connectivity index (χ3v) is 6.38. The summed E-state index contributed by atoms with van der Waals surface area (Å²) in [5.41, 5.74) is 3.66. The highest BCUT2D eigenvalue weighted by Crippen LogP contribution is 2.42. The van der Waals surface area contributed by atoms with Crippen molar-refractivity contribution in [2.24, 2.45) is 0 Å².